The van der Waals surface area contributed by atoms with Crippen LogP contribution in [0.4, 0.5) is 4.39 Å². The van der Waals surface area contributed by atoms with E-state index in [-0.39, 0.29) is 29.6 Å². The van der Waals surface area contributed by atoms with E-state index < -0.39 is 10.0 Å². The maximum atomic E-state index is 13.0. The molecule has 2 atom stereocenters. The van der Waals surface area contributed by atoms with Crippen LogP contribution in [0.5, 0.6) is 0 Å². The lowest BCUT2D eigenvalue weighted by molar-refractivity contribution is 0.0687. The van der Waals surface area contributed by atoms with Crippen LogP contribution in [-0.4, -0.2) is 48.7 Å². The first kappa shape index (κ1) is 16.7. The van der Waals surface area contributed by atoms with E-state index in [9.17, 15) is 17.6 Å². The van der Waals surface area contributed by atoms with Crippen molar-refractivity contribution in [2.45, 2.75) is 24.3 Å². The van der Waals surface area contributed by atoms with E-state index in [0.717, 1.165) is 0 Å². The van der Waals surface area contributed by atoms with Gasteiger partial charge in [0.05, 0.1) is 10.6 Å². The van der Waals surface area contributed by atoms with Gasteiger partial charge >= 0.3 is 0 Å². The predicted octanol–water partition coefficient (Wildman–Crippen LogP) is 2.32. The molecule has 0 aliphatic carbocycles. The van der Waals surface area contributed by atoms with Crippen LogP contribution in [0.2, 0.25) is 0 Å². The molecule has 132 valence electrons. The second kappa shape index (κ2) is 6.19. The zero-order valence-corrected chi connectivity index (χ0v) is 15.0. The molecule has 2 bridgehead atoms. The predicted molar refractivity (Wildman–Crippen MR) is 93.3 cm³/mol. The average molecular weight is 380 g/mol. The zero-order valence-electron chi connectivity index (χ0n) is 13.3. The van der Waals surface area contributed by atoms with Crippen molar-refractivity contribution in [3.05, 3.63) is 58.0 Å². The Balaban J connectivity index is 1.46. The third-order valence-corrected chi connectivity index (χ3v) is 7.52. The van der Waals surface area contributed by atoms with Crippen LogP contribution in [0.25, 0.3) is 0 Å². The lowest BCUT2D eigenvalue weighted by atomic mass is 10.2. The summed E-state index contributed by atoms with van der Waals surface area (Å²) in [5.74, 6) is -0.544. The molecule has 0 radical (unpaired) electrons. The quantitative estimate of drug-likeness (QED) is 0.818. The molecule has 25 heavy (non-hydrogen) atoms. The standard InChI is InChI=1S/C17H17FN2O3S2/c18-13-5-3-12(4-6-13)11-25(22,23)20-10-14-8-15(20)9-19(14)17(21)16-2-1-7-24-16/h1-7,14-15H,8-11H2. The van der Waals surface area contributed by atoms with Gasteiger partial charge in [0, 0.05) is 25.2 Å². The average Bonchev–Trinajstić information content (AvgIpc) is 3.32. The number of benzene rings is 1. The van der Waals surface area contributed by atoms with E-state index in [1.807, 2.05) is 11.4 Å². The van der Waals surface area contributed by atoms with Crippen LogP contribution >= 0.6 is 11.3 Å². The summed E-state index contributed by atoms with van der Waals surface area (Å²) in [6.45, 7) is 0.773. The summed E-state index contributed by atoms with van der Waals surface area (Å²) in [5, 5.41) is 1.86. The minimum Gasteiger partial charge on any atom is -0.332 e. The monoisotopic (exact) mass is 380 g/mol. The zero-order chi connectivity index (χ0) is 17.6. The number of hydrogen-bond donors (Lipinski definition) is 0. The van der Waals surface area contributed by atoms with Crippen LogP contribution in [0.3, 0.4) is 0 Å². The molecule has 5 nitrogen and oxygen atoms in total. The van der Waals surface area contributed by atoms with E-state index in [1.165, 1.54) is 39.9 Å². The van der Waals surface area contributed by atoms with Crippen LogP contribution in [0.1, 0.15) is 21.7 Å². The van der Waals surface area contributed by atoms with E-state index in [1.54, 1.807) is 11.0 Å². The first-order valence-corrected chi connectivity index (χ1v) is 10.5. The number of amides is 1. The molecule has 2 fully saturated rings. The van der Waals surface area contributed by atoms with Gasteiger partial charge in [-0.2, -0.15) is 4.31 Å². The van der Waals surface area contributed by atoms with Crippen LogP contribution in [0, 0.1) is 5.82 Å². The fourth-order valence-electron chi connectivity index (χ4n) is 3.64. The highest BCUT2D eigenvalue weighted by Crippen LogP contribution is 2.35. The number of nitrogens with zero attached hydrogens (tertiary/aromatic N) is 2. The molecule has 0 saturated carbocycles. The van der Waals surface area contributed by atoms with E-state index in [0.29, 0.717) is 30.0 Å². The van der Waals surface area contributed by atoms with Gasteiger partial charge in [0.15, 0.2) is 0 Å². The summed E-state index contributed by atoms with van der Waals surface area (Å²) in [4.78, 5) is 15.0. The summed E-state index contributed by atoms with van der Waals surface area (Å²) in [7, 11) is -3.48. The Bertz CT molecular complexity index is 881. The third-order valence-electron chi connectivity index (χ3n) is 4.80. The summed E-state index contributed by atoms with van der Waals surface area (Å²) < 4.78 is 39.9. The highest BCUT2D eigenvalue weighted by atomic mass is 32.2. The second-order valence-corrected chi connectivity index (χ2v) is 9.30. The minimum absolute atomic E-state index is 0.0157. The largest absolute Gasteiger partial charge is 0.332 e. The topological polar surface area (TPSA) is 57.7 Å². The Morgan fingerprint density at radius 1 is 1.16 bits per heavy atom. The van der Waals surface area contributed by atoms with Crippen molar-refractivity contribution in [1.82, 2.24) is 9.21 Å². The SMILES string of the molecule is O=C(c1cccs1)N1CC2CC1CN2S(=O)(=O)Cc1ccc(F)cc1. The van der Waals surface area contributed by atoms with Crippen molar-refractivity contribution in [2.75, 3.05) is 13.1 Å². The molecule has 2 aromatic rings. The van der Waals surface area contributed by atoms with Gasteiger partial charge in [-0.1, -0.05) is 18.2 Å². The van der Waals surface area contributed by atoms with Crippen molar-refractivity contribution >= 4 is 27.3 Å². The summed E-state index contributed by atoms with van der Waals surface area (Å²) in [6.07, 6.45) is 0.680. The first-order chi connectivity index (χ1) is 11.9. The van der Waals surface area contributed by atoms with Crippen molar-refractivity contribution in [3.63, 3.8) is 0 Å². The Morgan fingerprint density at radius 2 is 1.92 bits per heavy atom. The van der Waals surface area contributed by atoms with Crippen molar-refractivity contribution in [2.24, 2.45) is 0 Å². The number of carbonyl (C=O) groups is 1. The van der Waals surface area contributed by atoms with Gasteiger partial charge in [-0.15, -0.1) is 11.3 Å². The number of fused-ring (bicyclic) bond motifs is 2. The molecule has 1 amide bonds. The number of sulfonamides is 1. The lowest BCUT2D eigenvalue weighted by Gasteiger charge is -2.33. The Kier molecular flexibility index (Phi) is 4.13. The van der Waals surface area contributed by atoms with Gasteiger partial charge in [-0.3, -0.25) is 4.79 Å². The molecular formula is C17H17FN2O3S2. The summed E-state index contributed by atoms with van der Waals surface area (Å²) in [5.41, 5.74) is 0.565. The van der Waals surface area contributed by atoms with Gasteiger partial charge in [0.1, 0.15) is 5.82 Å². The Hall–Kier alpha value is -1.77. The van der Waals surface area contributed by atoms with Crippen LogP contribution in [0.15, 0.2) is 41.8 Å². The molecule has 1 aromatic heterocycles. The molecule has 3 heterocycles. The molecule has 2 aliphatic heterocycles. The number of hydrogen-bond acceptors (Lipinski definition) is 4. The normalized spacial score (nSPS) is 23.3. The number of likely N-dealkylation sites (tertiary alicyclic amines) is 1. The fraction of sp³-hybridized carbons (Fsp3) is 0.353. The number of piperazine rings is 1. The van der Waals surface area contributed by atoms with Crippen LogP contribution in [-0.2, 0) is 15.8 Å². The smallest absolute Gasteiger partial charge is 0.264 e. The molecule has 2 unspecified atom stereocenters. The molecule has 2 saturated heterocycles. The maximum absolute atomic E-state index is 13.0. The van der Waals surface area contributed by atoms with E-state index in [4.69, 9.17) is 0 Å². The Labute approximate surface area is 149 Å². The molecule has 0 spiro atoms. The van der Waals surface area contributed by atoms with Gasteiger partial charge in [-0.25, -0.2) is 12.8 Å². The van der Waals surface area contributed by atoms with Gasteiger partial charge < -0.3 is 4.90 Å². The van der Waals surface area contributed by atoms with Crippen LogP contribution < -0.4 is 0 Å². The molecule has 0 N–H and O–H groups in total. The number of carbonyl (C=O) groups excluding carboxylic acids is 1. The van der Waals surface area contributed by atoms with Gasteiger partial charge in [0.2, 0.25) is 10.0 Å². The first-order valence-electron chi connectivity index (χ1n) is 8.02. The summed E-state index contributed by atoms with van der Waals surface area (Å²) in [6, 6.07) is 8.92. The molecule has 4 rings (SSSR count). The maximum Gasteiger partial charge on any atom is 0.264 e. The number of rotatable bonds is 4. The summed E-state index contributed by atoms with van der Waals surface area (Å²) >= 11 is 1.40. The van der Waals surface area contributed by atoms with Gasteiger partial charge in [-0.05, 0) is 35.6 Å². The van der Waals surface area contributed by atoms with Crippen molar-refractivity contribution in [1.29, 1.82) is 0 Å². The molecule has 2 aliphatic rings. The number of thiophene rings is 1. The Morgan fingerprint density at radius 3 is 2.52 bits per heavy atom. The lowest BCUT2D eigenvalue weighted by Crippen LogP contribution is -2.50. The van der Waals surface area contributed by atoms with Gasteiger partial charge in [0.25, 0.3) is 5.91 Å². The highest BCUT2D eigenvalue weighted by Gasteiger charge is 2.49. The van der Waals surface area contributed by atoms with E-state index in [2.05, 4.69) is 0 Å². The number of halogens is 1. The second-order valence-electron chi connectivity index (χ2n) is 6.43. The molecule has 8 heteroatoms. The molecule has 1 aromatic carbocycles. The third kappa shape index (κ3) is 3.09. The highest BCUT2D eigenvalue weighted by molar-refractivity contribution is 7.88. The van der Waals surface area contributed by atoms with Crippen molar-refractivity contribution in [3.8, 4) is 0 Å². The van der Waals surface area contributed by atoms with Crippen molar-refractivity contribution < 1.29 is 17.6 Å². The molecular weight excluding hydrogens is 363 g/mol. The fourth-order valence-corrected chi connectivity index (χ4v) is 6.10. The van der Waals surface area contributed by atoms with E-state index >= 15 is 0 Å². The minimum atomic E-state index is -3.48.